The molecule has 2 saturated carbocycles. The van der Waals surface area contributed by atoms with Gasteiger partial charge in [0, 0.05) is 18.5 Å². The molecule has 128 valence electrons. The number of likely N-dealkylation sites (tertiary alicyclic amines) is 1. The molecule has 1 saturated heterocycles. The monoisotopic (exact) mass is 393 g/mol. The molecule has 0 radical (unpaired) electrons. The van der Waals surface area contributed by atoms with E-state index in [9.17, 15) is 4.79 Å². The Hall–Kier alpha value is -1.75. The Kier molecular flexibility index (Phi) is 3.06. The number of amides is 1. The maximum Gasteiger partial charge on any atom is 0.410 e. The van der Waals surface area contributed by atoms with Crippen LogP contribution in [-0.4, -0.2) is 39.5 Å². The number of halogens is 1. The molecule has 1 spiro atoms. The number of ether oxygens (including phenoxy) is 1. The van der Waals surface area contributed by atoms with Crippen LogP contribution in [0.25, 0.3) is 0 Å². The molecule has 2 aliphatic carbocycles. The van der Waals surface area contributed by atoms with E-state index in [2.05, 4.69) is 27.1 Å². The molecule has 3 aliphatic rings. The predicted octanol–water partition coefficient (Wildman–Crippen LogP) is 2.53. The number of nitrogen functional groups attached to an aromatic ring is 1. The van der Waals surface area contributed by atoms with Crippen LogP contribution >= 0.6 is 15.9 Å². The van der Waals surface area contributed by atoms with Gasteiger partial charge in [-0.1, -0.05) is 0 Å². The fourth-order valence-corrected chi connectivity index (χ4v) is 5.09. The van der Waals surface area contributed by atoms with E-state index >= 15 is 0 Å². The SMILES string of the molecule is CC(C)(C)OC(=O)N1CC2C3[C@H](n4nc(Br)c(C#N)c4N)C[C@]23C1. The predicted molar refractivity (Wildman–Crippen MR) is 89.9 cm³/mol. The van der Waals surface area contributed by atoms with Gasteiger partial charge in [0.15, 0.2) is 0 Å². The van der Waals surface area contributed by atoms with Crippen LogP contribution in [0.5, 0.6) is 0 Å². The average Bonchev–Trinajstić information content (AvgIpc) is 2.76. The van der Waals surface area contributed by atoms with Gasteiger partial charge in [0.05, 0.1) is 6.04 Å². The van der Waals surface area contributed by atoms with Crippen molar-refractivity contribution in [2.75, 3.05) is 18.8 Å². The van der Waals surface area contributed by atoms with Crippen molar-refractivity contribution in [3.05, 3.63) is 10.2 Å². The number of nitriles is 1. The molecule has 2 unspecified atom stereocenters. The Labute approximate surface area is 148 Å². The minimum atomic E-state index is -0.466. The van der Waals surface area contributed by atoms with Crippen molar-refractivity contribution in [3.8, 4) is 6.07 Å². The van der Waals surface area contributed by atoms with Crippen LogP contribution in [0.4, 0.5) is 10.6 Å². The van der Waals surface area contributed by atoms with Crippen molar-refractivity contribution in [1.82, 2.24) is 14.7 Å². The zero-order valence-corrected chi connectivity index (χ0v) is 15.5. The quantitative estimate of drug-likeness (QED) is 0.790. The molecule has 2 N–H and O–H groups in total. The Morgan fingerprint density at radius 3 is 2.79 bits per heavy atom. The highest BCUT2D eigenvalue weighted by Crippen LogP contribution is 2.79. The summed E-state index contributed by atoms with van der Waals surface area (Å²) in [5.41, 5.74) is 6.20. The first-order chi connectivity index (χ1) is 11.2. The number of piperidine rings is 1. The first-order valence-corrected chi connectivity index (χ1v) is 8.89. The summed E-state index contributed by atoms with van der Waals surface area (Å²) in [5.74, 6) is 1.41. The largest absolute Gasteiger partial charge is 0.444 e. The lowest BCUT2D eigenvalue weighted by atomic mass is 9.80. The summed E-state index contributed by atoms with van der Waals surface area (Å²) in [5, 5.41) is 13.5. The summed E-state index contributed by atoms with van der Waals surface area (Å²) in [7, 11) is 0. The lowest BCUT2D eigenvalue weighted by Gasteiger charge is -2.37. The topological polar surface area (TPSA) is 97.2 Å². The van der Waals surface area contributed by atoms with E-state index in [0.29, 0.717) is 27.8 Å². The van der Waals surface area contributed by atoms with Crippen LogP contribution in [-0.2, 0) is 4.74 Å². The van der Waals surface area contributed by atoms with E-state index in [-0.39, 0.29) is 17.6 Å². The van der Waals surface area contributed by atoms with Crippen molar-refractivity contribution >= 4 is 27.8 Å². The number of nitrogens with two attached hydrogens (primary N) is 1. The zero-order valence-electron chi connectivity index (χ0n) is 13.9. The number of rotatable bonds is 1. The van der Waals surface area contributed by atoms with Gasteiger partial charge in [0.2, 0.25) is 0 Å². The van der Waals surface area contributed by atoms with Gasteiger partial charge in [0.25, 0.3) is 0 Å². The first kappa shape index (κ1) is 15.8. The van der Waals surface area contributed by atoms with Gasteiger partial charge < -0.3 is 15.4 Å². The number of fused-ring (bicyclic) bond motifs is 1. The second-order valence-electron chi connectivity index (χ2n) is 8.11. The molecule has 7 nitrogen and oxygen atoms in total. The van der Waals surface area contributed by atoms with E-state index in [1.54, 1.807) is 4.68 Å². The molecule has 4 rings (SSSR count). The Morgan fingerprint density at radius 2 is 2.25 bits per heavy atom. The average molecular weight is 394 g/mol. The smallest absolute Gasteiger partial charge is 0.410 e. The molecule has 0 aromatic carbocycles. The van der Waals surface area contributed by atoms with Crippen LogP contribution in [0.15, 0.2) is 4.60 Å². The van der Waals surface area contributed by atoms with Gasteiger partial charge in [-0.25, -0.2) is 9.48 Å². The molecule has 8 heteroatoms. The Bertz CT molecular complexity index is 777. The molecule has 1 aromatic rings. The van der Waals surface area contributed by atoms with Gasteiger partial charge >= 0.3 is 6.09 Å². The van der Waals surface area contributed by atoms with E-state index in [1.807, 2.05) is 25.7 Å². The van der Waals surface area contributed by atoms with E-state index in [1.165, 1.54) is 0 Å². The highest BCUT2D eigenvalue weighted by atomic mass is 79.9. The highest BCUT2D eigenvalue weighted by molar-refractivity contribution is 9.10. The van der Waals surface area contributed by atoms with E-state index < -0.39 is 5.60 Å². The van der Waals surface area contributed by atoms with Crippen molar-refractivity contribution < 1.29 is 9.53 Å². The fraction of sp³-hybridized carbons (Fsp3) is 0.688. The molecular formula is C16H20BrN5O2. The minimum Gasteiger partial charge on any atom is -0.444 e. The van der Waals surface area contributed by atoms with Gasteiger partial charge in [-0.2, -0.15) is 10.4 Å². The molecule has 0 bridgehead atoms. The maximum atomic E-state index is 12.2. The summed E-state index contributed by atoms with van der Waals surface area (Å²) in [6.45, 7) is 7.14. The molecule has 1 aromatic heterocycles. The van der Waals surface area contributed by atoms with Crippen molar-refractivity contribution in [2.24, 2.45) is 17.3 Å². The molecule has 1 amide bonds. The van der Waals surface area contributed by atoms with Crippen LogP contribution in [0.3, 0.4) is 0 Å². The summed E-state index contributed by atoms with van der Waals surface area (Å²) >= 11 is 3.30. The Balaban J connectivity index is 1.44. The lowest BCUT2D eigenvalue weighted by molar-refractivity contribution is 0.0190. The van der Waals surface area contributed by atoms with Crippen LogP contribution in [0, 0.1) is 28.6 Å². The fourth-order valence-electron chi connectivity index (χ4n) is 4.63. The number of anilines is 1. The number of nitrogens with zero attached hydrogens (tertiary/aromatic N) is 4. The van der Waals surface area contributed by atoms with Crippen molar-refractivity contribution in [3.63, 3.8) is 0 Å². The number of carbonyl (C=O) groups excluding carboxylic acids is 1. The minimum absolute atomic E-state index is 0.208. The third-order valence-corrected chi connectivity index (χ3v) is 6.17. The number of carbonyl (C=O) groups is 1. The standard InChI is InChI=1S/C16H20BrN5O2/c1-15(2,3)24-14(23)21-6-9-11-10(4-16(9,11)7-21)22-13(19)8(5-18)12(17)20-22/h9-11H,4,6-7,19H2,1-3H3/t9?,10-,11?,16+/m1/s1. The van der Waals surface area contributed by atoms with Gasteiger partial charge in [-0.05, 0) is 55.0 Å². The molecule has 3 fully saturated rings. The zero-order chi connectivity index (χ0) is 17.4. The van der Waals surface area contributed by atoms with Gasteiger partial charge in [0.1, 0.15) is 27.7 Å². The van der Waals surface area contributed by atoms with Crippen molar-refractivity contribution in [2.45, 2.75) is 38.8 Å². The first-order valence-electron chi connectivity index (χ1n) is 8.09. The van der Waals surface area contributed by atoms with Crippen LogP contribution < -0.4 is 5.73 Å². The molecule has 4 atom stereocenters. The second kappa shape index (κ2) is 4.66. The van der Waals surface area contributed by atoms with Crippen molar-refractivity contribution in [1.29, 1.82) is 5.26 Å². The molecular weight excluding hydrogens is 374 g/mol. The molecule has 1 aliphatic heterocycles. The summed E-state index contributed by atoms with van der Waals surface area (Å²) < 4.78 is 7.76. The number of hydrogen-bond acceptors (Lipinski definition) is 5. The summed E-state index contributed by atoms with van der Waals surface area (Å²) in [6.07, 6.45) is 0.726. The van der Waals surface area contributed by atoms with E-state index in [4.69, 9.17) is 15.7 Å². The normalized spacial score (nSPS) is 33.3. The molecule has 24 heavy (non-hydrogen) atoms. The summed E-state index contributed by atoms with van der Waals surface area (Å²) in [4.78, 5) is 14.0. The molecule has 2 heterocycles. The maximum absolute atomic E-state index is 12.2. The number of hydrogen-bond donors (Lipinski definition) is 1. The Morgan fingerprint density at radius 1 is 1.54 bits per heavy atom. The number of aromatic nitrogens is 2. The van der Waals surface area contributed by atoms with Crippen LogP contribution in [0.1, 0.15) is 38.8 Å². The van der Waals surface area contributed by atoms with E-state index in [0.717, 1.165) is 19.5 Å². The third-order valence-electron chi connectivity index (χ3n) is 5.62. The highest BCUT2D eigenvalue weighted by Gasteiger charge is 2.79. The van der Waals surface area contributed by atoms with Gasteiger partial charge in [-0.15, -0.1) is 0 Å². The third kappa shape index (κ3) is 2.00. The lowest BCUT2D eigenvalue weighted by Crippen LogP contribution is -2.42. The second-order valence-corrected chi connectivity index (χ2v) is 8.86. The van der Waals surface area contributed by atoms with Crippen LogP contribution in [0.2, 0.25) is 0 Å². The summed E-state index contributed by atoms with van der Waals surface area (Å²) in [6, 6.07) is 2.31. The van der Waals surface area contributed by atoms with Gasteiger partial charge in [-0.3, -0.25) is 0 Å².